The molecule has 2 aliphatic heterocycles. The molecule has 0 spiro atoms. The normalized spacial score (nSPS) is 22.9. The Balaban J connectivity index is 0.00000208. The van der Waals surface area contributed by atoms with Crippen LogP contribution in [-0.2, 0) is 16.1 Å². The Morgan fingerprint density at radius 3 is 2.96 bits per heavy atom. The molecule has 0 radical (unpaired) electrons. The topological polar surface area (TPSA) is 50.8 Å². The van der Waals surface area contributed by atoms with Crippen LogP contribution in [0.2, 0.25) is 0 Å². The van der Waals surface area contributed by atoms with Crippen molar-refractivity contribution in [2.24, 2.45) is 5.92 Å². The molecule has 6 heteroatoms. The van der Waals surface area contributed by atoms with Crippen LogP contribution in [0.1, 0.15) is 24.8 Å². The highest BCUT2D eigenvalue weighted by Crippen LogP contribution is 2.20. The summed E-state index contributed by atoms with van der Waals surface area (Å²) >= 11 is 0. The van der Waals surface area contributed by atoms with Gasteiger partial charge in [0.1, 0.15) is 5.75 Å². The summed E-state index contributed by atoms with van der Waals surface area (Å²) < 4.78 is 11.0. The summed E-state index contributed by atoms with van der Waals surface area (Å²) in [6.07, 6.45) is 3.25. The van der Waals surface area contributed by atoms with Crippen molar-refractivity contribution in [3.8, 4) is 5.75 Å². The molecule has 2 atom stereocenters. The highest BCUT2D eigenvalue weighted by molar-refractivity contribution is 5.85. The smallest absolute Gasteiger partial charge is 0.227 e. The Morgan fingerprint density at radius 1 is 1.42 bits per heavy atom. The number of carbonyl (C=O) groups excluding carboxylic acids is 1. The molecule has 0 aliphatic carbocycles. The van der Waals surface area contributed by atoms with E-state index >= 15 is 0 Å². The van der Waals surface area contributed by atoms with Gasteiger partial charge in [-0.15, -0.1) is 12.4 Å². The first kappa shape index (κ1) is 19.0. The molecule has 1 amide bonds. The number of nitrogens with zero attached hydrogens (tertiary/aromatic N) is 1. The maximum absolute atomic E-state index is 12.9. The van der Waals surface area contributed by atoms with Crippen molar-refractivity contribution < 1.29 is 14.3 Å². The Morgan fingerprint density at radius 2 is 2.29 bits per heavy atom. The van der Waals surface area contributed by atoms with Gasteiger partial charge in [-0.1, -0.05) is 12.1 Å². The summed E-state index contributed by atoms with van der Waals surface area (Å²) in [4.78, 5) is 14.9. The minimum atomic E-state index is 0. The van der Waals surface area contributed by atoms with Crippen molar-refractivity contribution in [3.63, 3.8) is 0 Å². The number of benzene rings is 1. The molecule has 1 N–H and O–H groups in total. The largest absolute Gasteiger partial charge is 0.497 e. The van der Waals surface area contributed by atoms with Crippen LogP contribution < -0.4 is 10.1 Å². The van der Waals surface area contributed by atoms with Gasteiger partial charge in [0.05, 0.1) is 19.1 Å². The summed E-state index contributed by atoms with van der Waals surface area (Å²) in [5, 5.41) is 3.29. The molecule has 0 aromatic heterocycles. The van der Waals surface area contributed by atoms with E-state index in [1.807, 2.05) is 29.2 Å². The van der Waals surface area contributed by atoms with Gasteiger partial charge in [0, 0.05) is 26.2 Å². The fourth-order valence-electron chi connectivity index (χ4n) is 3.38. The molecule has 24 heavy (non-hydrogen) atoms. The molecule has 1 aromatic carbocycles. The molecule has 1 aromatic rings. The van der Waals surface area contributed by atoms with Crippen molar-refractivity contribution in [1.82, 2.24) is 10.2 Å². The number of hydrogen-bond donors (Lipinski definition) is 1. The van der Waals surface area contributed by atoms with Crippen LogP contribution >= 0.6 is 12.4 Å². The van der Waals surface area contributed by atoms with E-state index in [0.29, 0.717) is 13.1 Å². The lowest BCUT2D eigenvalue weighted by Gasteiger charge is -2.28. The number of carbonyl (C=O) groups is 1. The van der Waals surface area contributed by atoms with Gasteiger partial charge >= 0.3 is 0 Å². The first-order valence-electron chi connectivity index (χ1n) is 8.50. The fraction of sp³-hybridized carbons (Fsp3) is 0.611. The highest BCUT2D eigenvalue weighted by Gasteiger charge is 2.29. The predicted molar refractivity (Wildman–Crippen MR) is 95.6 cm³/mol. The van der Waals surface area contributed by atoms with Crippen LogP contribution in [0, 0.1) is 5.92 Å². The summed E-state index contributed by atoms with van der Waals surface area (Å²) in [6, 6.07) is 7.95. The van der Waals surface area contributed by atoms with Gasteiger partial charge in [0.15, 0.2) is 0 Å². The van der Waals surface area contributed by atoms with Gasteiger partial charge in [0.25, 0.3) is 0 Å². The van der Waals surface area contributed by atoms with Crippen LogP contribution in [0.15, 0.2) is 24.3 Å². The molecule has 3 rings (SSSR count). The lowest BCUT2D eigenvalue weighted by molar-refractivity contribution is -0.137. The third kappa shape index (κ3) is 4.85. The van der Waals surface area contributed by atoms with E-state index in [2.05, 4.69) is 5.32 Å². The number of rotatable bonds is 6. The van der Waals surface area contributed by atoms with Crippen LogP contribution in [0.4, 0.5) is 0 Å². The van der Waals surface area contributed by atoms with Crippen molar-refractivity contribution >= 4 is 18.3 Å². The molecular formula is C18H27ClN2O3. The number of amides is 1. The summed E-state index contributed by atoms with van der Waals surface area (Å²) in [5.41, 5.74) is 1.10. The van der Waals surface area contributed by atoms with E-state index in [4.69, 9.17) is 9.47 Å². The standard InChI is InChI=1S/C18H26N2O3.ClH/c1-22-16-5-2-4-14(10-16)12-20(13-17-6-3-9-23-17)18(21)15-7-8-19-11-15;/h2,4-5,10,15,17,19H,3,6-9,11-13H2,1H3;1H. The van der Waals surface area contributed by atoms with E-state index in [0.717, 1.165) is 50.3 Å². The zero-order chi connectivity index (χ0) is 16.1. The molecule has 0 bridgehead atoms. The molecule has 0 saturated carbocycles. The van der Waals surface area contributed by atoms with Gasteiger partial charge in [-0.25, -0.2) is 0 Å². The molecule has 2 fully saturated rings. The number of methoxy groups -OCH3 is 1. The second-order valence-electron chi connectivity index (χ2n) is 6.40. The molecule has 2 aliphatic rings. The Hall–Kier alpha value is -1.30. The quantitative estimate of drug-likeness (QED) is 0.851. The van der Waals surface area contributed by atoms with E-state index in [1.54, 1.807) is 7.11 Å². The molecule has 2 heterocycles. The third-order valence-corrected chi connectivity index (χ3v) is 4.68. The van der Waals surface area contributed by atoms with Crippen molar-refractivity contribution in [3.05, 3.63) is 29.8 Å². The number of halogens is 1. The Kier molecular flexibility index (Phi) is 7.34. The van der Waals surface area contributed by atoms with Crippen LogP contribution in [0.25, 0.3) is 0 Å². The van der Waals surface area contributed by atoms with Crippen molar-refractivity contribution in [2.75, 3.05) is 33.4 Å². The maximum atomic E-state index is 12.9. The number of hydrogen-bond acceptors (Lipinski definition) is 4. The maximum Gasteiger partial charge on any atom is 0.227 e. The van der Waals surface area contributed by atoms with Gasteiger partial charge in [-0.2, -0.15) is 0 Å². The third-order valence-electron chi connectivity index (χ3n) is 4.68. The number of ether oxygens (including phenoxy) is 2. The summed E-state index contributed by atoms with van der Waals surface area (Å²) in [7, 11) is 1.67. The first-order valence-corrected chi connectivity index (χ1v) is 8.50. The fourth-order valence-corrected chi connectivity index (χ4v) is 3.38. The monoisotopic (exact) mass is 354 g/mol. The van der Waals surface area contributed by atoms with E-state index < -0.39 is 0 Å². The van der Waals surface area contributed by atoms with Crippen LogP contribution in [0.3, 0.4) is 0 Å². The average Bonchev–Trinajstić information content (AvgIpc) is 3.27. The Labute approximate surface area is 150 Å². The SMILES string of the molecule is COc1cccc(CN(CC2CCCO2)C(=O)C2CCNC2)c1.Cl. The second kappa shape index (κ2) is 9.25. The first-order chi connectivity index (χ1) is 11.3. The van der Waals surface area contributed by atoms with Crippen molar-refractivity contribution in [2.45, 2.75) is 31.9 Å². The molecule has 5 nitrogen and oxygen atoms in total. The molecule has 2 saturated heterocycles. The van der Waals surface area contributed by atoms with Gasteiger partial charge in [0.2, 0.25) is 5.91 Å². The number of nitrogens with one attached hydrogen (secondary N) is 1. The zero-order valence-corrected chi connectivity index (χ0v) is 15.0. The molecule has 2 unspecified atom stereocenters. The van der Waals surface area contributed by atoms with Crippen LogP contribution in [-0.4, -0.2) is 50.3 Å². The minimum Gasteiger partial charge on any atom is -0.497 e. The van der Waals surface area contributed by atoms with Crippen molar-refractivity contribution in [1.29, 1.82) is 0 Å². The summed E-state index contributed by atoms with van der Waals surface area (Å²) in [5.74, 6) is 1.17. The lowest BCUT2D eigenvalue weighted by atomic mass is 10.1. The molecule has 134 valence electrons. The van der Waals surface area contributed by atoms with Gasteiger partial charge in [-0.3, -0.25) is 4.79 Å². The average molecular weight is 355 g/mol. The molecular weight excluding hydrogens is 328 g/mol. The van der Waals surface area contributed by atoms with E-state index in [-0.39, 0.29) is 30.3 Å². The lowest BCUT2D eigenvalue weighted by Crippen LogP contribution is -2.41. The predicted octanol–water partition coefficient (Wildman–Crippen LogP) is 2.23. The Bertz CT molecular complexity index is 529. The minimum absolute atomic E-state index is 0. The summed E-state index contributed by atoms with van der Waals surface area (Å²) in [6.45, 7) is 3.85. The van der Waals surface area contributed by atoms with Crippen LogP contribution in [0.5, 0.6) is 5.75 Å². The van der Waals surface area contributed by atoms with E-state index in [9.17, 15) is 4.79 Å². The van der Waals surface area contributed by atoms with Gasteiger partial charge < -0.3 is 19.7 Å². The highest BCUT2D eigenvalue weighted by atomic mass is 35.5. The zero-order valence-electron chi connectivity index (χ0n) is 14.2. The second-order valence-corrected chi connectivity index (χ2v) is 6.40. The van der Waals surface area contributed by atoms with Gasteiger partial charge in [-0.05, 0) is 43.5 Å². The van der Waals surface area contributed by atoms with E-state index in [1.165, 1.54) is 0 Å².